The molecular formula is C17H26N2O. The van der Waals surface area contributed by atoms with Crippen molar-refractivity contribution >= 4 is 0 Å². The van der Waals surface area contributed by atoms with Crippen LogP contribution in [0, 0.1) is 6.92 Å². The van der Waals surface area contributed by atoms with Gasteiger partial charge in [-0.05, 0) is 64.3 Å². The minimum absolute atomic E-state index is 0.216. The summed E-state index contributed by atoms with van der Waals surface area (Å²) in [6.07, 6.45) is 5.28. The molecule has 0 bridgehead atoms. The van der Waals surface area contributed by atoms with Crippen molar-refractivity contribution < 1.29 is 5.11 Å². The molecular weight excluding hydrogens is 248 g/mol. The Kier molecular flexibility index (Phi) is 3.99. The quantitative estimate of drug-likeness (QED) is 0.886. The second-order valence-electron chi connectivity index (χ2n) is 6.49. The number of rotatable bonds is 4. The molecule has 1 unspecified atom stereocenters. The lowest BCUT2D eigenvalue weighted by Gasteiger charge is -2.34. The van der Waals surface area contributed by atoms with Crippen LogP contribution >= 0.6 is 0 Å². The summed E-state index contributed by atoms with van der Waals surface area (Å²) >= 11 is 0. The van der Waals surface area contributed by atoms with Gasteiger partial charge in [0.1, 0.15) is 5.75 Å². The molecule has 1 aliphatic heterocycles. The van der Waals surface area contributed by atoms with Crippen LogP contribution in [0.5, 0.6) is 5.75 Å². The van der Waals surface area contributed by atoms with Crippen LogP contribution < -0.4 is 5.32 Å². The molecule has 0 spiro atoms. The molecule has 0 aromatic heterocycles. The predicted octanol–water partition coefficient (Wildman–Crippen LogP) is 2.98. The van der Waals surface area contributed by atoms with Gasteiger partial charge in [-0.3, -0.25) is 0 Å². The largest absolute Gasteiger partial charge is 0.508 e. The van der Waals surface area contributed by atoms with Gasteiger partial charge >= 0.3 is 0 Å². The molecule has 1 aliphatic carbocycles. The molecule has 0 amide bonds. The summed E-state index contributed by atoms with van der Waals surface area (Å²) in [5, 5.41) is 13.8. The summed E-state index contributed by atoms with van der Waals surface area (Å²) < 4.78 is 0. The van der Waals surface area contributed by atoms with Crippen molar-refractivity contribution in [2.24, 2.45) is 0 Å². The van der Waals surface area contributed by atoms with Gasteiger partial charge < -0.3 is 15.3 Å². The fourth-order valence-corrected chi connectivity index (χ4v) is 3.33. The minimum atomic E-state index is 0.216. The van der Waals surface area contributed by atoms with Gasteiger partial charge in [0.15, 0.2) is 0 Å². The number of piperidine rings is 1. The predicted molar refractivity (Wildman–Crippen MR) is 82.0 cm³/mol. The average molecular weight is 274 g/mol. The van der Waals surface area contributed by atoms with Crippen molar-refractivity contribution in [3.8, 4) is 5.75 Å². The van der Waals surface area contributed by atoms with E-state index < -0.39 is 0 Å². The molecule has 0 radical (unpaired) electrons. The van der Waals surface area contributed by atoms with Crippen LogP contribution in [-0.4, -0.2) is 35.2 Å². The maximum atomic E-state index is 10.1. The van der Waals surface area contributed by atoms with E-state index in [1.54, 1.807) is 0 Å². The van der Waals surface area contributed by atoms with E-state index in [1.807, 2.05) is 19.1 Å². The lowest BCUT2D eigenvalue weighted by atomic mass is 10.00. The molecule has 3 nitrogen and oxygen atoms in total. The van der Waals surface area contributed by atoms with Crippen molar-refractivity contribution in [1.82, 2.24) is 10.2 Å². The lowest BCUT2D eigenvalue weighted by Crippen LogP contribution is -2.44. The minimum Gasteiger partial charge on any atom is -0.508 e. The average Bonchev–Trinajstić information content (AvgIpc) is 3.23. The fraction of sp³-hybridized carbons (Fsp3) is 0.647. The van der Waals surface area contributed by atoms with Crippen LogP contribution in [0.3, 0.4) is 0 Å². The summed E-state index contributed by atoms with van der Waals surface area (Å²) in [5.41, 5.74) is 2.12. The molecule has 1 aromatic rings. The Hall–Kier alpha value is -1.06. The van der Waals surface area contributed by atoms with E-state index in [1.165, 1.54) is 38.8 Å². The Morgan fingerprint density at radius 1 is 1.20 bits per heavy atom. The Morgan fingerprint density at radius 2 is 1.90 bits per heavy atom. The Bertz CT molecular complexity index is 462. The molecule has 2 N–H and O–H groups in total. The number of hydrogen-bond acceptors (Lipinski definition) is 3. The number of phenolic OH excluding ortho intramolecular Hbond substituents is 1. The first-order valence-electron chi connectivity index (χ1n) is 7.93. The molecule has 1 saturated heterocycles. The van der Waals surface area contributed by atoms with Crippen molar-refractivity contribution in [2.45, 2.75) is 57.7 Å². The van der Waals surface area contributed by atoms with Gasteiger partial charge in [-0.25, -0.2) is 0 Å². The van der Waals surface area contributed by atoms with Gasteiger partial charge in [0.25, 0.3) is 0 Å². The number of aryl methyl sites for hydroxylation is 1. The number of nitrogens with zero attached hydrogens (tertiary/aromatic N) is 1. The number of benzene rings is 1. The molecule has 110 valence electrons. The van der Waals surface area contributed by atoms with Crippen molar-refractivity contribution in [2.75, 3.05) is 13.1 Å². The van der Waals surface area contributed by atoms with E-state index in [2.05, 4.69) is 23.2 Å². The third-order valence-corrected chi connectivity index (χ3v) is 4.73. The lowest BCUT2D eigenvalue weighted by molar-refractivity contribution is 0.184. The van der Waals surface area contributed by atoms with E-state index in [0.717, 1.165) is 17.2 Å². The van der Waals surface area contributed by atoms with Crippen LogP contribution in [0.1, 0.15) is 49.8 Å². The number of likely N-dealkylation sites (tertiary alicyclic amines) is 1. The molecule has 1 atom stereocenters. The zero-order valence-electron chi connectivity index (χ0n) is 12.6. The van der Waals surface area contributed by atoms with Crippen molar-refractivity contribution in [1.29, 1.82) is 0 Å². The number of phenols is 1. The molecule has 3 rings (SSSR count). The molecule has 1 aromatic carbocycles. The second-order valence-corrected chi connectivity index (χ2v) is 6.49. The Morgan fingerprint density at radius 3 is 2.50 bits per heavy atom. The normalized spacial score (nSPS) is 22.9. The van der Waals surface area contributed by atoms with Gasteiger partial charge in [0, 0.05) is 23.7 Å². The summed E-state index contributed by atoms with van der Waals surface area (Å²) in [4.78, 5) is 2.65. The number of hydrogen-bond donors (Lipinski definition) is 2. The van der Waals surface area contributed by atoms with Crippen LogP contribution in [0.4, 0.5) is 0 Å². The van der Waals surface area contributed by atoms with E-state index in [4.69, 9.17) is 0 Å². The van der Waals surface area contributed by atoms with Crippen molar-refractivity contribution in [3.63, 3.8) is 0 Å². The maximum Gasteiger partial charge on any atom is 0.120 e. The molecule has 2 aliphatic rings. The van der Waals surface area contributed by atoms with Gasteiger partial charge in [0.05, 0.1) is 0 Å². The fourth-order valence-electron chi connectivity index (χ4n) is 3.33. The van der Waals surface area contributed by atoms with Crippen LogP contribution in [0.25, 0.3) is 0 Å². The van der Waals surface area contributed by atoms with Gasteiger partial charge in [-0.15, -0.1) is 0 Å². The van der Waals surface area contributed by atoms with Gasteiger partial charge in [-0.1, -0.05) is 12.1 Å². The Labute approximate surface area is 122 Å². The highest BCUT2D eigenvalue weighted by molar-refractivity contribution is 5.37. The maximum absolute atomic E-state index is 10.1. The SMILES string of the molecule is Cc1ccc(C(C)NC2CCN(C3CC3)CC2)c(O)c1. The number of nitrogens with one attached hydrogen (secondary N) is 1. The van der Waals surface area contributed by atoms with Crippen LogP contribution in [0.15, 0.2) is 18.2 Å². The first-order chi connectivity index (χ1) is 9.63. The summed E-state index contributed by atoms with van der Waals surface area (Å²) in [7, 11) is 0. The molecule has 1 saturated carbocycles. The zero-order valence-corrected chi connectivity index (χ0v) is 12.6. The third kappa shape index (κ3) is 3.15. The highest BCUT2D eigenvalue weighted by atomic mass is 16.3. The van der Waals surface area contributed by atoms with Crippen LogP contribution in [-0.2, 0) is 0 Å². The van der Waals surface area contributed by atoms with Gasteiger partial charge in [-0.2, -0.15) is 0 Å². The second kappa shape index (κ2) is 5.74. The molecule has 3 heteroatoms. The van der Waals surface area contributed by atoms with E-state index in [9.17, 15) is 5.11 Å². The topological polar surface area (TPSA) is 35.5 Å². The Balaban J connectivity index is 1.54. The standard InChI is InChI=1S/C17H26N2O/c1-12-3-6-16(17(20)11-12)13(2)18-14-7-9-19(10-8-14)15-4-5-15/h3,6,11,13-15,18,20H,4-5,7-10H2,1-2H3. The zero-order chi connectivity index (χ0) is 14.1. The molecule has 20 heavy (non-hydrogen) atoms. The summed E-state index contributed by atoms with van der Waals surface area (Å²) in [6.45, 7) is 6.62. The molecule has 2 fully saturated rings. The highest BCUT2D eigenvalue weighted by Crippen LogP contribution is 2.30. The smallest absolute Gasteiger partial charge is 0.120 e. The van der Waals surface area contributed by atoms with Crippen LogP contribution in [0.2, 0.25) is 0 Å². The van der Waals surface area contributed by atoms with E-state index >= 15 is 0 Å². The summed E-state index contributed by atoms with van der Waals surface area (Å²) in [5.74, 6) is 0.417. The van der Waals surface area contributed by atoms with E-state index in [0.29, 0.717) is 11.8 Å². The first-order valence-corrected chi connectivity index (χ1v) is 7.93. The monoisotopic (exact) mass is 274 g/mol. The van der Waals surface area contributed by atoms with E-state index in [-0.39, 0.29) is 6.04 Å². The highest BCUT2D eigenvalue weighted by Gasteiger charge is 2.32. The first kappa shape index (κ1) is 13.9. The number of aromatic hydroxyl groups is 1. The molecule has 1 heterocycles. The van der Waals surface area contributed by atoms with Gasteiger partial charge in [0.2, 0.25) is 0 Å². The third-order valence-electron chi connectivity index (χ3n) is 4.73. The van der Waals surface area contributed by atoms with Crippen molar-refractivity contribution in [3.05, 3.63) is 29.3 Å². The summed E-state index contributed by atoms with van der Waals surface area (Å²) in [6, 6.07) is 7.66.